The number of carbonyl (C=O) groups excluding carboxylic acids is 3. The third-order valence-corrected chi connectivity index (χ3v) is 11.0. The Morgan fingerprint density at radius 3 is 2.11 bits per heavy atom. The SMILES string of the molecule is O=C1c2ccccc2C(=O)C12N1CSC[C@@H]1[C@@H](c1ccc(Br)cc1)[C@@]21CSc2ccccc2C1=O. The maximum absolute atomic E-state index is 14.8. The van der Waals surface area contributed by atoms with Crippen LogP contribution in [-0.4, -0.2) is 51.2 Å². The molecule has 1 aliphatic carbocycles. The first-order chi connectivity index (χ1) is 17.0. The van der Waals surface area contributed by atoms with Crippen molar-refractivity contribution < 1.29 is 14.4 Å². The standard InChI is InChI=1S/C28H20BrNO3S2/c29-17-11-9-16(10-12-17)23-21-13-34-15-30(21)28(25(32)18-5-1-2-6-19(18)26(28)33)27(23)14-35-22-8-4-3-7-20(22)24(27)31/h1-12,21,23H,13-15H2/t21-,23-,27-/m1/s1. The van der Waals surface area contributed by atoms with Crippen molar-refractivity contribution in [2.24, 2.45) is 5.41 Å². The van der Waals surface area contributed by atoms with E-state index in [4.69, 9.17) is 0 Å². The molecule has 0 radical (unpaired) electrons. The molecule has 3 heterocycles. The zero-order valence-electron chi connectivity index (χ0n) is 18.6. The third kappa shape index (κ3) is 2.57. The van der Waals surface area contributed by atoms with Gasteiger partial charge < -0.3 is 0 Å². The minimum absolute atomic E-state index is 0.0753. The van der Waals surface area contributed by atoms with Gasteiger partial charge in [-0.1, -0.05) is 70.5 Å². The Kier molecular flexibility index (Phi) is 4.82. The van der Waals surface area contributed by atoms with E-state index in [2.05, 4.69) is 20.8 Å². The van der Waals surface area contributed by atoms with Crippen molar-refractivity contribution in [2.75, 3.05) is 17.4 Å². The Balaban J connectivity index is 1.56. The Morgan fingerprint density at radius 2 is 1.43 bits per heavy atom. The molecular weight excluding hydrogens is 542 g/mol. The number of ketones is 3. The lowest BCUT2D eigenvalue weighted by atomic mass is 9.58. The van der Waals surface area contributed by atoms with Crippen molar-refractivity contribution >= 4 is 56.8 Å². The molecule has 3 aliphatic heterocycles. The van der Waals surface area contributed by atoms with Crippen molar-refractivity contribution in [3.05, 3.63) is 99.5 Å². The monoisotopic (exact) mass is 561 g/mol. The summed E-state index contributed by atoms with van der Waals surface area (Å²) in [6.45, 7) is 0. The first kappa shape index (κ1) is 22.0. The van der Waals surface area contributed by atoms with Gasteiger partial charge in [-0.3, -0.25) is 19.3 Å². The molecule has 4 nitrogen and oxygen atoms in total. The summed E-state index contributed by atoms with van der Waals surface area (Å²) in [5.74, 6) is 0.963. The van der Waals surface area contributed by atoms with Crippen LogP contribution in [0.15, 0.2) is 82.2 Å². The van der Waals surface area contributed by atoms with E-state index in [-0.39, 0.29) is 29.3 Å². The molecule has 3 atom stereocenters. The van der Waals surface area contributed by atoms with Gasteiger partial charge >= 0.3 is 0 Å². The van der Waals surface area contributed by atoms with Crippen LogP contribution in [0.4, 0.5) is 0 Å². The van der Waals surface area contributed by atoms with Gasteiger partial charge in [-0.2, -0.15) is 0 Å². The highest BCUT2D eigenvalue weighted by Gasteiger charge is 2.80. The van der Waals surface area contributed by atoms with Crippen LogP contribution in [0.2, 0.25) is 0 Å². The predicted molar refractivity (Wildman–Crippen MR) is 142 cm³/mol. The van der Waals surface area contributed by atoms with Crippen molar-refractivity contribution in [1.82, 2.24) is 4.90 Å². The average Bonchev–Trinajstić information content (AvgIpc) is 3.51. The van der Waals surface area contributed by atoms with Gasteiger partial charge in [0, 0.05) is 55.4 Å². The minimum Gasteiger partial charge on any atom is -0.293 e. The number of carbonyl (C=O) groups is 3. The molecule has 0 N–H and O–H groups in total. The summed E-state index contributed by atoms with van der Waals surface area (Å²) in [6.07, 6.45) is 0. The van der Waals surface area contributed by atoms with Crippen molar-refractivity contribution in [3.63, 3.8) is 0 Å². The second kappa shape index (κ2) is 7.65. The number of benzene rings is 3. The minimum atomic E-state index is -1.53. The second-order valence-corrected chi connectivity index (χ2v) is 12.5. The molecule has 0 unspecified atom stereocenters. The number of fused-ring (bicyclic) bond motifs is 5. The molecule has 7 rings (SSSR count). The molecule has 4 aliphatic rings. The maximum Gasteiger partial charge on any atom is 0.192 e. The maximum atomic E-state index is 14.8. The molecule has 3 aromatic rings. The van der Waals surface area contributed by atoms with Crippen LogP contribution in [0.5, 0.6) is 0 Å². The Labute approximate surface area is 220 Å². The van der Waals surface area contributed by atoms with E-state index < -0.39 is 11.0 Å². The van der Waals surface area contributed by atoms with Gasteiger partial charge in [-0.05, 0) is 23.8 Å². The number of hydrogen-bond acceptors (Lipinski definition) is 6. The molecule has 2 spiro atoms. The fourth-order valence-electron chi connectivity index (χ4n) is 6.88. The highest BCUT2D eigenvalue weighted by atomic mass is 79.9. The first-order valence-electron chi connectivity index (χ1n) is 11.6. The molecule has 2 saturated heterocycles. The fraction of sp³-hybridized carbons (Fsp3) is 0.250. The molecule has 3 aromatic carbocycles. The summed E-state index contributed by atoms with van der Waals surface area (Å²) in [5, 5.41) is 0. The van der Waals surface area contributed by atoms with Gasteiger partial charge in [0.05, 0.1) is 5.41 Å². The molecule has 0 amide bonds. The normalized spacial score (nSPS) is 28.5. The lowest BCUT2D eigenvalue weighted by Gasteiger charge is -2.47. The van der Waals surface area contributed by atoms with Crippen LogP contribution in [0.25, 0.3) is 0 Å². The van der Waals surface area contributed by atoms with Crippen LogP contribution in [0.1, 0.15) is 42.6 Å². The number of thioether (sulfide) groups is 2. The third-order valence-electron chi connectivity index (χ3n) is 8.21. The van der Waals surface area contributed by atoms with Crippen LogP contribution >= 0.6 is 39.5 Å². The predicted octanol–water partition coefficient (Wildman–Crippen LogP) is 5.71. The second-order valence-electron chi connectivity index (χ2n) is 9.57. The van der Waals surface area contributed by atoms with E-state index in [1.165, 1.54) is 0 Å². The Morgan fingerprint density at radius 1 is 0.800 bits per heavy atom. The highest BCUT2D eigenvalue weighted by Crippen LogP contribution is 2.67. The fourth-order valence-corrected chi connectivity index (χ4v) is 9.84. The molecule has 0 saturated carbocycles. The van der Waals surface area contributed by atoms with E-state index in [1.54, 1.807) is 47.8 Å². The van der Waals surface area contributed by atoms with E-state index >= 15 is 0 Å². The van der Waals surface area contributed by atoms with Gasteiger partial charge in [0.25, 0.3) is 0 Å². The summed E-state index contributed by atoms with van der Waals surface area (Å²) in [4.78, 5) is 46.8. The van der Waals surface area contributed by atoms with Gasteiger partial charge in [0.2, 0.25) is 0 Å². The van der Waals surface area contributed by atoms with Crippen LogP contribution < -0.4 is 0 Å². The summed E-state index contributed by atoms with van der Waals surface area (Å²) in [5.41, 5.74) is -0.205. The Hall–Kier alpha value is -2.19. The molecular formula is C28H20BrNO3S2. The first-order valence-corrected chi connectivity index (χ1v) is 14.5. The lowest BCUT2D eigenvalue weighted by molar-refractivity contribution is 0.0340. The van der Waals surface area contributed by atoms with Gasteiger partial charge in [-0.15, -0.1) is 23.5 Å². The number of hydrogen-bond donors (Lipinski definition) is 0. The molecule has 0 aromatic heterocycles. The van der Waals surface area contributed by atoms with Crippen molar-refractivity contribution in [1.29, 1.82) is 0 Å². The quantitative estimate of drug-likeness (QED) is 0.354. The van der Waals surface area contributed by atoms with Gasteiger partial charge in [-0.25, -0.2) is 0 Å². The van der Waals surface area contributed by atoms with E-state index in [0.717, 1.165) is 20.7 Å². The summed E-state index contributed by atoms with van der Waals surface area (Å²) < 4.78 is 0.954. The van der Waals surface area contributed by atoms with Crippen molar-refractivity contribution in [2.45, 2.75) is 22.4 Å². The number of Topliss-reactive ketones (excluding diaryl/α,β-unsaturated/α-hetero) is 3. The van der Waals surface area contributed by atoms with Gasteiger partial charge in [0.1, 0.15) is 0 Å². The number of nitrogens with zero attached hydrogens (tertiary/aromatic N) is 1. The number of halogens is 1. The molecule has 2 fully saturated rings. The lowest BCUT2D eigenvalue weighted by Crippen LogP contribution is -2.66. The van der Waals surface area contributed by atoms with Crippen LogP contribution in [0.3, 0.4) is 0 Å². The molecule has 174 valence electrons. The highest BCUT2D eigenvalue weighted by molar-refractivity contribution is 9.10. The number of rotatable bonds is 1. The van der Waals surface area contributed by atoms with E-state index in [1.807, 2.05) is 48.5 Å². The average molecular weight is 563 g/mol. The van der Waals surface area contributed by atoms with Crippen LogP contribution in [0, 0.1) is 5.41 Å². The summed E-state index contributed by atoms with van der Waals surface area (Å²) >= 11 is 6.88. The zero-order valence-corrected chi connectivity index (χ0v) is 21.8. The van der Waals surface area contributed by atoms with Gasteiger partial charge in [0.15, 0.2) is 22.9 Å². The zero-order chi connectivity index (χ0) is 23.9. The Bertz CT molecular complexity index is 1400. The topological polar surface area (TPSA) is 54.5 Å². The molecule has 0 bridgehead atoms. The summed E-state index contributed by atoms with van der Waals surface area (Å²) in [6, 6.07) is 22.7. The smallest absolute Gasteiger partial charge is 0.192 e. The van der Waals surface area contributed by atoms with Crippen LogP contribution in [-0.2, 0) is 0 Å². The molecule has 35 heavy (non-hydrogen) atoms. The van der Waals surface area contributed by atoms with E-state index in [0.29, 0.717) is 28.3 Å². The van der Waals surface area contributed by atoms with E-state index in [9.17, 15) is 14.4 Å². The molecule has 7 heteroatoms. The largest absolute Gasteiger partial charge is 0.293 e. The van der Waals surface area contributed by atoms with Crippen molar-refractivity contribution in [3.8, 4) is 0 Å². The summed E-state index contributed by atoms with van der Waals surface area (Å²) in [7, 11) is 0.